The number of aliphatic imine (C=N–C) groups is 1. The Labute approximate surface area is 91.8 Å². The summed E-state index contributed by atoms with van der Waals surface area (Å²) in [5, 5.41) is 25.7. The van der Waals surface area contributed by atoms with Gasteiger partial charge in [0.05, 0.1) is 5.71 Å². The Morgan fingerprint density at radius 2 is 2.25 bits per heavy atom. The Bertz CT molecular complexity index is 527. The molecule has 0 spiro atoms. The van der Waals surface area contributed by atoms with Gasteiger partial charge in [-0.3, -0.25) is 4.99 Å². The van der Waals surface area contributed by atoms with Crippen LogP contribution in [0.3, 0.4) is 0 Å². The first-order valence-electron chi connectivity index (χ1n) is 4.85. The SMILES string of the molecule is CC1=CN=C2C=C[N+]3(O)C(O)=CNC3=C2N1. The average molecular weight is 219 g/mol. The molecule has 4 N–H and O–H groups in total. The predicted molar refractivity (Wildman–Crippen MR) is 56.4 cm³/mol. The van der Waals surface area contributed by atoms with Gasteiger partial charge >= 0.3 is 5.88 Å². The van der Waals surface area contributed by atoms with Crippen molar-refractivity contribution in [3.63, 3.8) is 0 Å². The molecule has 3 aliphatic rings. The number of fused-ring (bicyclic) bond motifs is 2. The standard InChI is InChI=1S/C10H10N4O2/c1-6-4-11-7-2-3-14(16)8(15)5-12-10(14)9(7)13-6/h2-5,13,16H,1H3,(H-,11,12,15)/p+1. The summed E-state index contributed by atoms with van der Waals surface area (Å²) in [5.41, 5.74) is 2.27. The Kier molecular flexibility index (Phi) is 1.58. The molecule has 0 aromatic heterocycles. The van der Waals surface area contributed by atoms with Gasteiger partial charge < -0.3 is 15.7 Å². The molecule has 0 aromatic carbocycles. The van der Waals surface area contributed by atoms with Crippen molar-refractivity contribution in [3.05, 3.63) is 47.8 Å². The largest absolute Gasteiger partial charge is 0.464 e. The lowest BCUT2D eigenvalue weighted by Crippen LogP contribution is -2.43. The first-order chi connectivity index (χ1) is 7.61. The molecule has 0 radical (unpaired) electrons. The predicted octanol–water partition coefficient (Wildman–Crippen LogP) is 0.754. The van der Waals surface area contributed by atoms with Crippen molar-refractivity contribution >= 4 is 5.71 Å². The smallest absolute Gasteiger partial charge is 0.350 e. The summed E-state index contributed by atoms with van der Waals surface area (Å²) in [6.07, 6.45) is 6.18. The molecule has 3 rings (SSSR count). The third-order valence-electron chi connectivity index (χ3n) is 2.69. The molecular weight excluding hydrogens is 208 g/mol. The summed E-state index contributed by atoms with van der Waals surface area (Å²) in [6, 6.07) is 0. The Balaban J connectivity index is 2.17. The molecule has 0 saturated heterocycles. The molecule has 6 nitrogen and oxygen atoms in total. The minimum absolute atomic E-state index is 0.174. The topological polar surface area (TPSA) is 76.9 Å². The Morgan fingerprint density at radius 1 is 1.44 bits per heavy atom. The molecule has 6 heteroatoms. The van der Waals surface area contributed by atoms with Crippen LogP contribution >= 0.6 is 0 Å². The number of hydroxylamine groups is 3. The highest BCUT2D eigenvalue weighted by Crippen LogP contribution is 2.31. The Morgan fingerprint density at radius 3 is 3.06 bits per heavy atom. The van der Waals surface area contributed by atoms with Crippen LogP contribution in [-0.2, 0) is 0 Å². The van der Waals surface area contributed by atoms with Crippen LogP contribution in [0.5, 0.6) is 0 Å². The molecule has 1 unspecified atom stereocenters. The monoisotopic (exact) mass is 219 g/mol. The number of aliphatic hydroxyl groups is 1. The molecule has 16 heavy (non-hydrogen) atoms. The fourth-order valence-electron chi connectivity index (χ4n) is 1.85. The molecule has 3 heterocycles. The minimum Gasteiger partial charge on any atom is -0.464 e. The summed E-state index contributed by atoms with van der Waals surface area (Å²) in [7, 11) is 0. The lowest BCUT2D eigenvalue weighted by atomic mass is 10.1. The third kappa shape index (κ3) is 0.995. The van der Waals surface area contributed by atoms with E-state index in [0.717, 1.165) is 11.4 Å². The van der Waals surface area contributed by atoms with Crippen molar-refractivity contribution in [1.82, 2.24) is 10.6 Å². The van der Waals surface area contributed by atoms with E-state index in [1.54, 1.807) is 12.3 Å². The molecule has 0 saturated carbocycles. The zero-order valence-electron chi connectivity index (χ0n) is 8.60. The molecule has 0 amide bonds. The highest BCUT2D eigenvalue weighted by Gasteiger charge is 2.46. The maximum atomic E-state index is 10.2. The van der Waals surface area contributed by atoms with Crippen LogP contribution in [0.25, 0.3) is 0 Å². The zero-order valence-corrected chi connectivity index (χ0v) is 8.60. The first kappa shape index (κ1) is 9.20. The van der Waals surface area contributed by atoms with E-state index in [4.69, 9.17) is 0 Å². The van der Waals surface area contributed by atoms with Crippen molar-refractivity contribution in [2.24, 2.45) is 4.99 Å². The molecule has 0 fully saturated rings. The van der Waals surface area contributed by atoms with Crippen molar-refractivity contribution in [1.29, 1.82) is 0 Å². The lowest BCUT2D eigenvalue weighted by Gasteiger charge is -2.27. The van der Waals surface area contributed by atoms with E-state index < -0.39 is 4.65 Å². The van der Waals surface area contributed by atoms with Gasteiger partial charge in [-0.1, -0.05) is 0 Å². The van der Waals surface area contributed by atoms with Crippen molar-refractivity contribution < 1.29 is 15.0 Å². The number of quaternary nitrogens is 1. The maximum absolute atomic E-state index is 10.2. The van der Waals surface area contributed by atoms with Crippen LogP contribution in [-0.4, -0.2) is 20.7 Å². The fraction of sp³-hybridized carbons (Fsp3) is 0.100. The molecule has 0 aliphatic carbocycles. The second kappa shape index (κ2) is 2.75. The van der Waals surface area contributed by atoms with Crippen LogP contribution < -0.4 is 10.6 Å². The van der Waals surface area contributed by atoms with Crippen LogP contribution in [0.4, 0.5) is 0 Å². The van der Waals surface area contributed by atoms with Gasteiger partial charge in [0.2, 0.25) is 0 Å². The minimum atomic E-state index is -0.741. The van der Waals surface area contributed by atoms with Gasteiger partial charge in [0.1, 0.15) is 18.1 Å². The summed E-state index contributed by atoms with van der Waals surface area (Å²) in [4.78, 5) is 4.23. The van der Waals surface area contributed by atoms with Gasteiger partial charge in [0.15, 0.2) is 0 Å². The maximum Gasteiger partial charge on any atom is 0.350 e. The van der Waals surface area contributed by atoms with E-state index in [-0.39, 0.29) is 5.88 Å². The van der Waals surface area contributed by atoms with Crippen LogP contribution in [0.15, 0.2) is 52.8 Å². The molecular formula is C10H11N4O2+. The van der Waals surface area contributed by atoms with E-state index in [0.29, 0.717) is 11.5 Å². The highest BCUT2D eigenvalue weighted by atomic mass is 16.6. The Hall–Kier alpha value is -2.05. The average Bonchev–Trinajstić information content (AvgIpc) is 2.56. The second-order valence-electron chi connectivity index (χ2n) is 3.82. The molecule has 3 aliphatic heterocycles. The van der Waals surface area contributed by atoms with Crippen molar-refractivity contribution in [2.45, 2.75) is 6.92 Å². The van der Waals surface area contributed by atoms with Crippen LogP contribution in [0.1, 0.15) is 6.92 Å². The van der Waals surface area contributed by atoms with Gasteiger partial charge in [0.25, 0.3) is 5.82 Å². The fourth-order valence-corrected chi connectivity index (χ4v) is 1.85. The number of nitrogens with one attached hydrogen (secondary N) is 2. The van der Waals surface area contributed by atoms with E-state index in [1.807, 2.05) is 6.92 Å². The third-order valence-corrected chi connectivity index (χ3v) is 2.69. The van der Waals surface area contributed by atoms with E-state index in [1.165, 1.54) is 12.4 Å². The molecule has 0 aromatic rings. The lowest BCUT2D eigenvalue weighted by molar-refractivity contribution is -1.01. The van der Waals surface area contributed by atoms with Gasteiger partial charge in [0, 0.05) is 18.0 Å². The van der Waals surface area contributed by atoms with Gasteiger partial charge in [-0.2, -0.15) is 5.21 Å². The van der Waals surface area contributed by atoms with Crippen molar-refractivity contribution in [3.8, 4) is 0 Å². The van der Waals surface area contributed by atoms with Gasteiger partial charge in [-0.15, -0.1) is 0 Å². The summed E-state index contributed by atoms with van der Waals surface area (Å²) >= 11 is 0. The second-order valence-corrected chi connectivity index (χ2v) is 3.82. The number of allylic oxidation sites excluding steroid dienone is 2. The summed E-state index contributed by atoms with van der Waals surface area (Å²) in [5.74, 6) is 0.276. The van der Waals surface area contributed by atoms with Crippen molar-refractivity contribution in [2.75, 3.05) is 0 Å². The number of rotatable bonds is 0. The zero-order chi connectivity index (χ0) is 11.3. The number of hydrogen-bond donors (Lipinski definition) is 4. The normalized spacial score (nSPS) is 30.8. The number of aliphatic hydroxyl groups excluding tert-OH is 1. The van der Waals surface area contributed by atoms with E-state index in [9.17, 15) is 10.3 Å². The van der Waals surface area contributed by atoms with Gasteiger partial charge in [-0.05, 0) is 11.6 Å². The molecule has 1 atom stereocenters. The van der Waals surface area contributed by atoms with E-state index >= 15 is 0 Å². The summed E-state index contributed by atoms with van der Waals surface area (Å²) in [6.45, 7) is 1.88. The first-order valence-corrected chi connectivity index (χ1v) is 4.85. The van der Waals surface area contributed by atoms with Crippen LogP contribution in [0, 0.1) is 0 Å². The van der Waals surface area contributed by atoms with E-state index in [2.05, 4.69) is 15.6 Å². The number of nitrogens with zero attached hydrogens (tertiary/aromatic N) is 2. The number of hydrogen-bond acceptors (Lipinski definition) is 5. The quantitative estimate of drug-likeness (QED) is 0.453. The van der Waals surface area contributed by atoms with Gasteiger partial charge in [-0.25, -0.2) is 0 Å². The van der Waals surface area contributed by atoms with Crippen LogP contribution in [0.2, 0.25) is 0 Å². The highest BCUT2D eigenvalue weighted by molar-refractivity contribution is 6.09. The summed E-state index contributed by atoms with van der Waals surface area (Å²) < 4.78 is -0.741. The molecule has 0 bridgehead atoms. The molecule has 82 valence electrons.